The molecule has 0 saturated heterocycles. The minimum absolute atomic E-state index is 0.175. The van der Waals surface area contributed by atoms with E-state index in [0.717, 1.165) is 18.5 Å². The third kappa shape index (κ3) is 1.35. The smallest absolute Gasteiger partial charge is 0.0605 e. The van der Waals surface area contributed by atoms with Crippen LogP contribution >= 0.6 is 0 Å². The summed E-state index contributed by atoms with van der Waals surface area (Å²) in [6, 6.07) is 2.30. The Kier molecular flexibility index (Phi) is 2.08. The zero-order chi connectivity index (χ0) is 9.42. The van der Waals surface area contributed by atoms with E-state index in [-0.39, 0.29) is 6.04 Å². The minimum atomic E-state index is 0.175. The van der Waals surface area contributed by atoms with Crippen LogP contribution in [0.1, 0.15) is 49.0 Å². The van der Waals surface area contributed by atoms with Crippen LogP contribution in [0.15, 0.2) is 12.3 Å². The topological polar surface area (TPSA) is 38.9 Å². The first-order chi connectivity index (χ1) is 6.20. The van der Waals surface area contributed by atoms with Gasteiger partial charge in [-0.15, -0.1) is 0 Å². The summed E-state index contributed by atoms with van der Waals surface area (Å²) in [4.78, 5) is 4.36. The predicted octanol–water partition coefficient (Wildman–Crippen LogP) is 2.15. The summed E-state index contributed by atoms with van der Waals surface area (Å²) >= 11 is 0. The number of hydrogen-bond acceptors (Lipinski definition) is 2. The first kappa shape index (κ1) is 8.70. The second-order valence-corrected chi connectivity index (χ2v) is 4.06. The van der Waals surface area contributed by atoms with Crippen molar-refractivity contribution in [3.05, 3.63) is 29.1 Å². The lowest BCUT2D eigenvalue weighted by atomic mass is 9.97. The van der Waals surface area contributed by atoms with E-state index in [4.69, 9.17) is 5.73 Å². The van der Waals surface area contributed by atoms with Crippen molar-refractivity contribution in [3.63, 3.8) is 0 Å². The minimum Gasteiger partial charge on any atom is -0.323 e. The van der Waals surface area contributed by atoms with Crippen LogP contribution in [-0.2, 0) is 6.42 Å². The monoisotopic (exact) mass is 176 g/mol. The van der Waals surface area contributed by atoms with Crippen LogP contribution in [0.4, 0.5) is 0 Å². The Morgan fingerprint density at radius 2 is 2.31 bits per heavy atom. The molecule has 0 spiro atoms. The van der Waals surface area contributed by atoms with Gasteiger partial charge in [0.25, 0.3) is 0 Å². The van der Waals surface area contributed by atoms with Crippen LogP contribution in [-0.4, -0.2) is 4.98 Å². The Morgan fingerprint density at radius 3 is 3.00 bits per heavy atom. The molecule has 2 rings (SSSR count). The van der Waals surface area contributed by atoms with Crippen molar-refractivity contribution in [1.82, 2.24) is 4.98 Å². The van der Waals surface area contributed by atoms with Gasteiger partial charge in [-0.1, -0.05) is 13.8 Å². The maximum absolute atomic E-state index is 5.95. The van der Waals surface area contributed by atoms with Gasteiger partial charge in [0.15, 0.2) is 0 Å². The first-order valence-corrected chi connectivity index (χ1v) is 4.93. The average Bonchev–Trinajstić information content (AvgIpc) is 2.48. The average molecular weight is 176 g/mol. The van der Waals surface area contributed by atoms with Crippen LogP contribution in [0, 0.1) is 0 Å². The number of nitrogens with two attached hydrogens (primary N) is 1. The Labute approximate surface area is 79.2 Å². The van der Waals surface area contributed by atoms with Crippen molar-refractivity contribution in [2.45, 2.75) is 38.6 Å². The summed E-state index contributed by atoms with van der Waals surface area (Å²) in [5.41, 5.74) is 9.92. The molecule has 1 aromatic rings. The fourth-order valence-electron chi connectivity index (χ4n) is 2.09. The number of rotatable bonds is 1. The quantitative estimate of drug-likeness (QED) is 0.712. The van der Waals surface area contributed by atoms with Gasteiger partial charge < -0.3 is 5.73 Å². The van der Waals surface area contributed by atoms with Crippen LogP contribution in [0.25, 0.3) is 0 Å². The standard InChI is InChI=1S/C11H16N2/c1-7(2)8-5-6-13-11-9(8)3-4-10(11)12/h5-7,10H,3-4,12H2,1-2H3. The van der Waals surface area contributed by atoms with Crippen molar-refractivity contribution < 1.29 is 0 Å². The molecule has 0 radical (unpaired) electrons. The summed E-state index contributed by atoms with van der Waals surface area (Å²) in [6.45, 7) is 4.44. The van der Waals surface area contributed by atoms with Crippen LogP contribution in [0.2, 0.25) is 0 Å². The molecule has 1 aliphatic carbocycles. The fraction of sp³-hybridized carbons (Fsp3) is 0.545. The molecule has 1 aromatic heterocycles. The van der Waals surface area contributed by atoms with Gasteiger partial charge in [-0.2, -0.15) is 0 Å². The lowest BCUT2D eigenvalue weighted by Crippen LogP contribution is -2.07. The van der Waals surface area contributed by atoms with Gasteiger partial charge >= 0.3 is 0 Å². The van der Waals surface area contributed by atoms with Gasteiger partial charge in [0.05, 0.1) is 5.69 Å². The van der Waals surface area contributed by atoms with Crippen molar-refractivity contribution >= 4 is 0 Å². The molecule has 0 aliphatic heterocycles. The van der Waals surface area contributed by atoms with Crippen LogP contribution in [0.3, 0.4) is 0 Å². The van der Waals surface area contributed by atoms with Gasteiger partial charge in [0, 0.05) is 12.2 Å². The molecule has 70 valence electrons. The van der Waals surface area contributed by atoms with Crippen molar-refractivity contribution in [3.8, 4) is 0 Å². The summed E-state index contributed by atoms with van der Waals surface area (Å²) in [7, 11) is 0. The molecule has 1 unspecified atom stereocenters. The van der Waals surface area contributed by atoms with Gasteiger partial charge in [-0.05, 0) is 36.0 Å². The molecule has 1 aliphatic rings. The van der Waals surface area contributed by atoms with Gasteiger partial charge in [-0.3, -0.25) is 4.98 Å². The highest BCUT2D eigenvalue weighted by molar-refractivity contribution is 5.37. The van der Waals surface area contributed by atoms with E-state index in [0.29, 0.717) is 5.92 Å². The zero-order valence-corrected chi connectivity index (χ0v) is 8.25. The van der Waals surface area contributed by atoms with Crippen molar-refractivity contribution in [2.75, 3.05) is 0 Å². The summed E-state index contributed by atoms with van der Waals surface area (Å²) < 4.78 is 0. The number of nitrogens with zero attached hydrogens (tertiary/aromatic N) is 1. The lowest BCUT2D eigenvalue weighted by Gasteiger charge is -2.11. The van der Waals surface area contributed by atoms with Gasteiger partial charge in [-0.25, -0.2) is 0 Å². The molecule has 2 heteroatoms. The second kappa shape index (κ2) is 3.11. The number of pyridine rings is 1. The molecule has 0 bridgehead atoms. The van der Waals surface area contributed by atoms with Gasteiger partial charge in [0.2, 0.25) is 0 Å². The van der Waals surface area contributed by atoms with E-state index in [9.17, 15) is 0 Å². The van der Waals surface area contributed by atoms with E-state index in [1.165, 1.54) is 11.1 Å². The zero-order valence-electron chi connectivity index (χ0n) is 8.25. The Bertz CT molecular complexity index is 318. The molecule has 1 atom stereocenters. The third-order valence-corrected chi connectivity index (χ3v) is 2.80. The molecule has 1 heterocycles. The highest BCUT2D eigenvalue weighted by Gasteiger charge is 2.23. The second-order valence-electron chi connectivity index (χ2n) is 4.06. The number of aromatic nitrogens is 1. The fourth-order valence-corrected chi connectivity index (χ4v) is 2.09. The molecular weight excluding hydrogens is 160 g/mol. The van der Waals surface area contributed by atoms with Crippen LogP contribution in [0.5, 0.6) is 0 Å². The number of fused-ring (bicyclic) bond motifs is 1. The summed E-state index contributed by atoms with van der Waals surface area (Å²) in [6.07, 6.45) is 4.06. The lowest BCUT2D eigenvalue weighted by molar-refractivity contribution is 0.697. The SMILES string of the molecule is CC(C)c1ccnc2c1CCC2N. The highest BCUT2D eigenvalue weighted by atomic mass is 14.8. The van der Waals surface area contributed by atoms with Crippen molar-refractivity contribution in [2.24, 2.45) is 5.73 Å². The van der Waals surface area contributed by atoms with Crippen LogP contribution < -0.4 is 5.73 Å². The molecule has 0 aromatic carbocycles. The van der Waals surface area contributed by atoms with E-state index < -0.39 is 0 Å². The Hall–Kier alpha value is -0.890. The molecule has 0 saturated carbocycles. The predicted molar refractivity (Wildman–Crippen MR) is 53.6 cm³/mol. The van der Waals surface area contributed by atoms with E-state index >= 15 is 0 Å². The molecule has 0 amide bonds. The molecule has 2 N–H and O–H groups in total. The Morgan fingerprint density at radius 1 is 1.54 bits per heavy atom. The van der Waals surface area contributed by atoms with E-state index in [2.05, 4.69) is 24.9 Å². The molecular formula is C11H16N2. The van der Waals surface area contributed by atoms with Gasteiger partial charge in [0.1, 0.15) is 0 Å². The van der Waals surface area contributed by atoms with E-state index in [1.54, 1.807) is 0 Å². The molecule has 0 fully saturated rings. The number of hydrogen-bond donors (Lipinski definition) is 1. The molecule has 13 heavy (non-hydrogen) atoms. The first-order valence-electron chi connectivity index (χ1n) is 4.93. The van der Waals surface area contributed by atoms with E-state index in [1.807, 2.05) is 6.20 Å². The largest absolute Gasteiger partial charge is 0.323 e. The van der Waals surface area contributed by atoms with Crippen molar-refractivity contribution in [1.29, 1.82) is 0 Å². The normalized spacial score (nSPS) is 20.8. The maximum Gasteiger partial charge on any atom is 0.0605 e. The third-order valence-electron chi connectivity index (χ3n) is 2.80. The Balaban J connectivity index is 2.51. The highest BCUT2D eigenvalue weighted by Crippen LogP contribution is 2.32. The molecule has 2 nitrogen and oxygen atoms in total. The summed E-state index contributed by atoms with van der Waals surface area (Å²) in [5, 5.41) is 0. The maximum atomic E-state index is 5.95. The summed E-state index contributed by atoms with van der Waals surface area (Å²) in [5.74, 6) is 0.585.